The quantitative estimate of drug-likeness (QED) is 0.169. The van der Waals surface area contributed by atoms with Crippen molar-refractivity contribution in [2.24, 2.45) is 5.92 Å². The average molecular weight is 601 g/mol. The SMILES string of the molecule is CCNc1cc(C(=O)N[C@@H](Cn2cccn2)[C@H](O)CNC(C)CCCC(C)C)cc(N2CCCCS2(O)O)c1.Cl. The van der Waals surface area contributed by atoms with Crippen LogP contribution in [0.15, 0.2) is 36.7 Å². The van der Waals surface area contributed by atoms with Crippen molar-refractivity contribution in [3.05, 3.63) is 42.2 Å². The number of halogens is 1. The van der Waals surface area contributed by atoms with Gasteiger partial charge >= 0.3 is 0 Å². The number of benzene rings is 1. The number of rotatable bonds is 15. The maximum atomic E-state index is 13.5. The van der Waals surface area contributed by atoms with E-state index in [1.54, 1.807) is 33.5 Å². The van der Waals surface area contributed by atoms with E-state index in [4.69, 9.17) is 0 Å². The smallest absolute Gasteiger partial charge is 0.251 e. The summed E-state index contributed by atoms with van der Waals surface area (Å²) in [5.41, 5.74) is 1.71. The van der Waals surface area contributed by atoms with Crippen molar-refractivity contribution in [3.8, 4) is 0 Å². The number of carbonyl (C=O) groups excluding carboxylic acids is 1. The molecule has 12 heteroatoms. The number of nitrogens with zero attached hydrogens (tertiary/aromatic N) is 3. The maximum Gasteiger partial charge on any atom is 0.251 e. The summed E-state index contributed by atoms with van der Waals surface area (Å²) >= 11 is 0. The van der Waals surface area contributed by atoms with Crippen LogP contribution in [0.3, 0.4) is 0 Å². The number of nitrogens with one attached hydrogen (secondary N) is 3. The number of hydrogen-bond donors (Lipinski definition) is 6. The minimum Gasteiger partial charge on any atom is -0.390 e. The van der Waals surface area contributed by atoms with Crippen molar-refractivity contribution in [2.45, 2.75) is 84.5 Å². The predicted octanol–water partition coefficient (Wildman–Crippen LogP) is 4.97. The van der Waals surface area contributed by atoms with Gasteiger partial charge in [-0.25, -0.2) is 0 Å². The van der Waals surface area contributed by atoms with Gasteiger partial charge in [-0.3, -0.25) is 22.9 Å². The summed E-state index contributed by atoms with van der Waals surface area (Å²) in [6, 6.07) is 6.77. The van der Waals surface area contributed by atoms with E-state index in [1.807, 2.05) is 19.1 Å². The molecule has 10 nitrogen and oxygen atoms in total. The van der Waals surface area contributed by atoms with Crippen LogP contribution in [0.1, 0.15) is 70.2 Å². The second-order valence-electron chi connectivity index (χ2n) is 11.0. The summed E-state index contributed by atoms with van der Waals surface area (Å²) in [4.78, 5) is 13.5. The summed E-state index contributed by atoms with van der Waals surface area (Å²) in [7, 11) is -2.93. The molecule has 2 aromatic rings. The lowest BCUT2D eigenvalue weighted by Crippen LogP contribution is -2.50. The predicted molar refractivity (Wildman–Crippen MR) is 168 cm³/mol. The molecule has 0 saturated carbocycles. The van der Waals surface area contributed by atoms with Crippen molar-refractivity contribution < 1.29 is 19.0 Å². The van der Waals surface area contributed by atoms with Gasteiger partial charge in [0.15, 0.2) is 0 Å². The molecule has 1 aliphatic heterocycles. The van der Waals surface area contributed by atoms with Gasteiger partial charge in [-0.15, -0.1) is 23.2 Å². The highest BCUT2D eigenvalue weighted by molar-refractivity contribution is 8.25. The number of aromatic nitrogens is 2. The van der Waals surface area contributed by atoms with E-state index in [-0.39, 0.29) is 24.4 Å². The number of amides is 1. The van der Waals surface area contributed by atoms with Gasteiger partial charge < -0.3 is 21.1 Å². The van der Waals surface area contributed by atoms with Gasteiger partial charge in [0.1, 0.15) is 0 Å². The molecule has 2 heterocycles. The van der Waals surface area contributed by atoms with Crippen LogP contribution >= 0.6 is 23.2 Å². The minimum absolute atomic E-state index is 0. The lowest BCUT2D eigenvalue weighted by atomic mass is 10.0. The third-order valence-electron chi connectivity index (χ3n) is 7.05. The maximum absolute atomic E-state index is 13.5. The fraction of sp³-hybridized carbons (Fsp3) is 0.643. The zero-order valence-electron chi connectivity index (χ0n) is 24.3. The van der Waals surface area contributed by atoms with E-state index in [2.05, 4.69) is 41.8 Å². The lowest BCUT2D eigenvalue weighted by molar-refractivity contribution is 0.0794. The third-order valence-corrected chi connectivity index (χ3v) is 8.98. The Morgan fingerprint density at radius 3 is 2.58 bits per heavy atom. The van der Waals surface area contributed by atoms with Crippen molar-refractivity contribution in [2.75, 3.05) is 35.0 Å². The molecule has 0 bridgehead atoms. The number of aliphatic hydroxyl groups is 1. The summed E-state index contributed by atoms with van der Waals surface area (Å²) in [5.74, 6) is 0.650. The normalized spacial score (nSPS) is 17.9. The molecule has 228 valence electrons. The van der Waals surface area contributed by atoms with Crippen LogP contribution in [0, 0.1) is 5.92 Å². The molecule has 0 spiro atoms. The van der Waals surface area contributed by atoms with Crippen LogP contribution in [0.4, 0.5) is 11.4 Å². The molecule has 6 N–H and O–H groups in total. The largest absolute Gasteiger partial charge is 0.390 e. The molecule has 3 rings (SSSR count). The summed E-state index contributed by atoms with van der Waals surface area (Å²) in [6.45, 7) is 10.4. The van der Waals surface area contributed by atoms with Crippen LogP contribution < -0.4 is 20.3 Å². The van der Waals surface area contributed by atoms with Crippen LogP contribution in [0.2, 0.25) is 0 Å². The van der Waals surface area contributed by atoms with E-state index in [0.717, 1.165) is 31.4 Å². The molecule has 0 radical (unpaired) electrons. The first-order chi connectivity index (χ1) is 18.6. The monoisotopic (exact) mass is 600 g/mol. The molecule has 1 aromatic carbocycles. The van der Waals surface area contributed by atoms with Gasteiger partial charge in [0, 0.05) is 49.3 Å². The van der Waals surface area contributed by atoms with Gasteiger partial charge in [-0.05, 0) is 63.3 Å². The fourth-order valence-electron chi connectivity index (χ4n) is 4.82. The zero-order valence-corrected chi connectivity index (χ0v) is 25.9. The fourth-order valence-corrected chi connectivity index (χ4v) is 6.50. The molecule has 3 atom stereocenters. The highest BCUT2D eigenvalue weighted by atomic mass is 35.5. The Bertz CT molecular complexity index is 1030. The molecule has 1 fully saturated rings. The van der Waals surface area contributed by atoms with Crippen LogP contribution in [0.5, 0.6) is 0 Å². The van der Waals surface area contributed by atoms with E-state index < -0.39 is 22.9 Å². The molecular formula is C28H49ClN6O4S. The number of aliphatic hydroxyl groups excluding tert-OH is 1. The van der Waals surface area contributed by atoms with Crippen molar-refractivity contribution >= 4 is 40.5 Å². The van der Waals surface area contributed by atoms with Gasteiger partial charge in [0.2, 0.25) is 0 Å². The Hall–Kier alpha value is -2.02. The third kappa shape index (κ3) is 10.4. The van der Waals surface area contributed by atoms with Crippen LogP contribution in [-0.2, 0) is 6.54 Å². The standard InChI is InChI=1S/C28H48N6O4S.ClH/c1-5-29-24-16-23(17-25(18-24)34-14-6-7-15-39(34,37)38)28(36)32-26(20-33-13-9-12-31-33)27(35)19-30-22(4)11-8-10-21(2)3;/h9,12-13,16-18,21-22,26-27,29-30,35,37-38H,5-8,10-11,14-15,19-20H2,1-4H3,(H,32,36);1H/t22?,26-,27+;/m0./s1. The van der Waals surface area contributed by atoms with Crippen molar-refractivity contribution in [1.82, 2.24) is 20.4 Å². The molecule has 1 aliphatic rings. The molecule has 1 aromatic heterocycles. The first-order valence-electron chi connectivity index (χ1n) is 14.2. The zero-order chi connectivity index (χ0) is 28.4. The Labute approximate surface area is 247 Å². The second-order valence-corrected chi connectivity index (χ2v) is 13.1. The van der Waals surface area contributed by atoms with E-state index in [9.17, 15) is 19.0 Å². The summed E-state index contributed by atoms with van der Waals surface area (Å²) in [6.07, 6.45) is 7.57. The first kappa shape index (κ1) is 34.2. The molecule has 1 amide bonds. The van der Waals surface area contributed by atoms with Gasteiger partial charge in [0.25, 0.3) is 5.91 Å². The molecule has 0 aliphatic carbocycles. The van der Waals surface area contributed by atoms with Gasteiger partial charge in [0.05, 0.1) is 30.1 Å². The molecule has 1 unspecified atom stereocenters. The average Bonchev–Trinajstić information content (AvgIpc) is 3.39. The molecular weight excluding hydrogens is 552 g/mol. The van der Waals surface area contributed by atoms with E-state index in [1.165, 1.54) is 6.42 Å². The highest BCUT2D eigenvalue weighted by Crippen LogP contribution is 2.50. The second kappa shape index (κ2) is 16.4. The Balaban J connectivity index is 0.00000560. The number of hydrogen-bond acceptors (Lipinski definition) is 8. The van der Waals surface area contributed by atoms with Crippen LogP contribution in [-0.4, -0.2) is 73.5 Å². The van der Waals surface area contributed by atoms with Crippen LogP contribution in [0.25, 0.3) is 0 Å². The Kier molecular flexibility index (Phi) is 14.0. The van der Waals surface area contributed by atoms with E-state index >= 15 is 0 Å². The summed E-state index contributed by atoms with van der Waals surface area (Å²) in [5, 5.41) is 25.1. The van der Waals surface area contributed by atoms with Crippen molar-refractivity contribution in [1.29, 1.82) is 0 Å². The number of anilines is 2. The Morgan fingerprint density at radius 1 is 1.15 bits per heavy atom. The van der Waals surface area contributed by atoms with Gasteiger partial charge in [-0.1, -0.05) is 26.7 Å². The highest BCUT2D eigenvalue weighted by Gasteiger charge is 2.29. The van der Waals surface area contributed by atoms with Crippen molar-refractivity contribution in [3.63, 3.8) is 0 Å². The lowest BCUT2D eigenvalue weighted by Gasteiger charge is -2.47. The first-order valence-corrected chi connectivity index (χ1v) is 15.9. The minimum atomic E-state index is -2.93. The van der Waals surface area contributed by atoms with E-state index in [0.29, 0.717) is 49.1 Å². The summed E-state index contributed by atoms with van der Waals surface area (Å²) < 4.78 is 24.7. The molecule has 40 heavy (non-hydrogen) atoms. The Morgan fingerprint density at radius 2 is 1.93 bits per heavy atom. The number of carbonyl (C=O) groups is 1. The molecule has 1 saturated heterocycles. The van der Waals surface area contributed by atoms with Gasteiger partial charge in [-0.2, -0.15) is 5.10 Å². The topological polar surface area (TPSA) is 135 Å².